The maximum Gasteiger partial charge on any atom is 0.216 e. The van der Waals surface area contributed by atoms with Gasteiger partial charge in [-0.15, -0.1) is 32.9 Å². The molecule has 0 atom stereocenters. The van der Waals surface area contributed by atoms with Crippen molar-refractivity contribution in [3.8, 4) is 10.7 Å². The highest BCUT2D eigenvalue weighted by Gasteiger charge is 2.16. The number of nitrogens with zero attached hydrogens (tertiary/aromatic N) is 3. The van der Waals surface area contributed by atoms with E-state index in [2.05, 4.69) is 15.5 Å². The van der Waals surface area contributed by atoms with Crippen molar-refractivity contribution < 1.29 is 9.59 Å². The summed E-state index contributed by atoms with van der Waals surface area (Å²) in [6.45, 7) is 4.89. The Morgan fingerprint density at radius 3 is 2.81 bits per heavy atom. The predicted molar refractivity (Wildman–Crippen MR) is 111 cm³/mol. The maximum atomic E-state index is 12.5. The van der Waals surface area contributed by atoms with E-state index in [1.54, 1.807) is 11.3 Å². The Morgan fingerprint density at radius 1 is 1.26 bits per heavy atom. The van der Waals surface area contributed by atoms with Crippen LogP contribution in [0.25, 0.3) is 10.7 Å². The SMILES string of the molecule is CCn1c(SCC(=O)c2ccc(CCNC(C)=O)s2)nnc1-c1cccs1. The Labute approximate surface area is 170 Å². The first-order valence-electron chi connectivity index (χ1n) is 8.54. The van der Waals surface area contributed by atoms with Crippen LogP contribution in [0, 0.1) is 0 Å². The van der Waals surface area contributed by atoms with Crippen LogP contribution in [-0.4, -0.2) is 38.8 Å². The van der Waals surface area contributed by atoms with Crippen LogP contribution in [-0.2, 0) is 17.8 Å². The maximum absolute atomic E-state index is 12.5. The van der Waals surface area contributed by atoms with Gasteiger partial charge in [-0.2, -0.15) is 0 Å². The molecule has 6 nitrogen and oxygen atoms in total. The van der Waals surface area contributed by atoms with Gasteiger partial charge in [-0.25, -0.2) is 0 Å². The van der Waals surface area contributed by atoms with Gasteiger partial charge in [0.25, 0.3) is 0 Å². The Hall–Kier alpha value is -1.97. The van der Waals surface area contributed by atoms with Crippen LogP contribution in [0.1, 0.15) is 28.4 Å². The first-order valence-corrected chi connectivity index (χ1v) is 11.2. The second kappa shape index (κ2) is 9.29. The van der Waals surface area contributed by atoms with Crippen molar-refractivity contribution >= 4 is 46.1 Å². The number of thioether (sulfide) groups is 1. The molecule has 0 saturated heterocycles. The lowest BCUT2D eigenvalue weighted by molar-refractivity contribution is -0.118. The zero-order chi connectivity index (χ0) is 19.2. The van der Waals surface area contributed by atoms with E-state index in [0.29, 0.717) is 12.3 Å². The molecule has 0 aliphatic rings. The third kappa shape index (κ3) is 5.06. The number of amides is 1. The first kappa shape index (κ1) is 19.8. The summed E-state index contributed by atoms with van der Waals surface area (Å²) >= 11 is 4.53. The van der Waals surface area contributed by atoms with Gasteiger partial charge < -0.3 is 9.88 Å². The fourth-order valence-corrected chi connectivity index (χ4v) is 5.13. The molecular weight excluding hydrogens is 400 g/mol. The topological polar surface area (TPSA) is 76.9 Å². The summed E-state index contributed by atoms with van der Waals surface area (Å²) in [6, 6.07) is 7.83. The third-order valence-corrected chi connectivity index (χ3v) is 6.81. The standard InChI is InChI=1S/C18H20N4O2S3/c1-3-22-17(16-5-4-10-25-16)20-21-18(22)26-11-14(24)15-7-6-13(27-15)8-9-19-12(2)23/h4-7,10H,3,8-9,11H2,1-2H3,(H,19,23). The van der Waals surface area contributed by atoms with Gasteiger partial charge in [-0.05, 0) is 36.9 Å². The molecule has 0 radical (unpaired) electrons. The van der Waals surface area contributed by atoms with Crippen LogP contribution >= 0.6 is 34.4 Å². The van der Waals surface area contributed by atoms with Crippen molar-refractivity contribution in [2.24, 2.45) is 0 Å². The molecule has 27 heavy (non-hydrogen) atoms. The van der Waals surface area contributed by atoms with Crippen LogP contribution in [0.3, 0.4) is 0 Å². The van der Waals surface area contributed by atoms with Crippen molar-refractivity contribution in [2.75, 3.05) is 12.3 Å². The van der Waals surface area contributed by atoms with Gasteiger partial charge in [-0.3, -0.25) is 9.59 Å². The van der Waals surface area contributed by atoms with E-state index in [1.807, 2.05) is 41.1 Å². The monoisotopic (exact) mass is 420 g/mol. The smallest absolute Gasteiger partial charge is 0.216 e. The highest BCUT2D eigenvalue weighted by atomic mass is 32.2. The number of aromatic nitrogens is 3. The lowest BCUT2D eigenvalue weighted by atomic mass is 10.3. The summed E-state index contributed by atoms with van der Waals surface area (Å²) in [7, 11) is 0. The number of rotatable bonds is 9. The number of Topliss-reactive ketones (excluding diaryl/α,β-unsaturated/α-hetero) is 1. The van der Waals surface area contributed by atoms with Gasteiger partial charge in [-0.1, -0.05) is 17.8 Å². The van der Waals surface area contributed by atoms with Gasteiger partial charge >= 0.3 is 0 Å². The average molecular weight is 421 g/mol. The van der Waals surface area contributed by atoms with E-state index >= 15 is 0 Å². The summed E-state index contributed by atoms with van der Waals surface area (Å²) in [5.74, 6) is 1.22. The number of hydrogen-bond acceptors (Lipinski definition) is 7. The molecule has 0 aliphatic heterocycles. The summed E-state index contributed by atoms with van der Waals surface area (Å²) in [5.41, 5.74) is 0. The summed E-state index contributed by atoms with van der Waals surface area (Å²) in [5, 5.41) is 14.1. The van der Waals surface area contributed by atoms with Crippen LogP contribution in [0.5, 0.6) is 0 Å². The third-order valence-electron chi connectivity index (χ3n) is 3.79. The Balaban J connectivity index is 1.60. The van der Waals surface area contributed by atoms with Crippen LogP contribution in [0.2, 0.25) is 0 Å². The molecule has 0 unspecified atom stereocenters. The van der Waals surface area contributed by atoms with E-state index in [4.69, 9.17) is 0 Å². The Morgan fingerprint density at radius 2 is 2.11 bits per heavy atom. The van der Waals surface area contributed by atoms with Crippen molar-refractivity contribution in [1.29, 1.82) is 0 Å². The van der Waals surface area contributed by atoms with E-state index in [9.17, 15) is 9.59 Å². The molecule has 142 valence electrons. The second-order valence-corrected chi connectivity index (χ2v) is 8.80. The lowest BCUT2D eigenvalue weighted by Gasteiger charge is -2.05. The summed E-state index contributed by atoms with van der Waals surface area (Å²) in [4.78, 5) is 26.3. The molecule has 9 heteroatoms. The number of thiophene rings is 2. The minimum Gasteiger partial charge on any atom is -0.356 e. The van der Waals surface area contributed by atoms with Crippen molar-refractivity contribution in [2.45, 2.75) is 32.0 Å². The van der Waals surface area contributed by atoms with Crippen molar-refractivity contribution in [3.63, 3.8) is 0 Å². The molecule has 3 aromatic heterocycles. The van der Waals surface area contributed by atoms with E-state index in [1.165, 1.54) is 30.0 Å². The average Bonchev–Trinajstić information content (AvgIpc) is 3.38. The molecular formula is C18H20N4O2S3. The zero-order valence-corrected chi connectivity index (χ0v) is 17.5. The van der Waals surface area contributed by atoms with E-state index in [-0.39, 0.29) is 11.7 Å². The Bertz CT molecular complexity index is 915. The first-order chi connectivity index (χ1) is 13.1. The fourth-order valence-electron chi connectivity index (χ4n) is 2.49. The minimum atomic E-state index is -0.0405. The molecule has 0 fully saturated rings. The van der Waals surface area contributed by atoms with Crippen molar-refractivity contribution in [3.05, 3.63) is 39.4 Å². The highest BCUT2D eigenvalue weighted by molar-refractivity contribution is 7.99. The van der Waals surface area contributed by atoms with Gasteiger partial charge in [0.15, 0.2) is 16.8 Å². The largest absolute Gasteiger partial charge is 0.356 e. The van der Waals surface area contributed by atoms with Crippen molar-refractivity contribution in [1.82, 2.24) is 20.1 Å². The molecule has 3 aromatic rings. The quantitative estimate of drug-likeness (QED) is 0.421. The normalized spacial score (nSPS) is 10.9. The number of hydrogen-bond donors (Lipinski definition) is 1. The summed E-state index contributed by atoms with van der Waals surface area (Å²) < 4.78 is 2.04. The van der Waals surface area contributed by atoms with Crippen LogP contribution in [0.4, 0.5) is 0 Å². The number of nitrogens with one attached hydrogen (secondary N) is 1. The van der Waals surface area contributed by atoms with Crippen LogP contribution < -0.4 is 5.32 Å². The molecule has 1 amide bonds. The summed E-state index contributed by atoms with van der Waals surface area (Å²) in [6.07, 6.45) is 0.735. The molecule has 3 rings (SSSR count). The number of ketones is 1. The Kier molecular flexibility index (Phi) is 6.81. The number of carbonyl (C=O) groups excluding carboxylic acids is 2. The molecule has 0 aliphatic carbocycles. The molecule has 0 bridgehead atoms. The number of carbonyl (C=O) groups is 2. The van der Waals surface area contributed by atoms with E-state index in [0.717, 1.165) is 38.6 Å². The molecule has 0 aromatic carbocycles. The predicted octanol–water partition coefficient (Wildman–Crippen LogP) is 3.74. The van der Waals surface area contributed by atoms with Gasteiger partial charge in [0, 0.05) is 24.9 Å². The molecule has 1 N–H and O–H groups in total. The van der Waals surface area contributed by atoms with Gasteiger partial charge in [0.1, 0.15) is 0 Å². The van der Waals surface area contributed by atoms with Gasteiger partial charge in [0.2, 0.25) is 5.91 Å². The molecule has 0 spiro atoms. The molecule has 3 heterocycles. The van der Waals surface area contributed by atoms with Crippen LogP contribution in [0.15, 0.2) is 34.8 Å². The molecule has 0 saturated carbocycles. The minimum absolute atomic E-state index is 0.0405. The zero-order valence-electron chi connectivity index (χ0n) is 15.1. The lowest BCUT2D eigenvalue weighted by Crippen LogP contribution is -2.22. The fraction of sp³-hybridized carbons (Fsp3) is 0.333. The van der Waals surface area contributed by atoms with Gasteiger partial charge in [0.05, 0.1) is 15.5 Å². The highest BCUT2D eigenvalue weighted by Crippen LogP contribution is 2.28. The van der Waals surface area contributed by atoms with E-state index < -0.39 is 0 Å². The second-order valence-electron chi connectivity index (χ2n) is 5.74.